The number of carbonyl (C=O) groups excluding carboxylic acids is 2. The Morgan fingerprint density at radius 1 is 0.879 bits per heavy atom. The molecule has 1 N–H and O–H groups in total. The molecule has 5 heteroatoms. The number of nitrogens with zero attached hydrogens (tertiary/aromatic N) is 1. The molecular formula is C28H28N2O3. The molecule has 168 valence electrons. The Labute approximate surface area is 194 Å². The minimum atomic E-state index is -0.264. The van der Waals surface area contributed by atoms with Crippen molar-refractivity contribution in [3.8, 4) is 11.1 Å². The molecule has 0 radical (unpaired) electrons. The maximum Gasteiger partial charge on any atom is 0.410 e. The average Bonchev–Trinajstić information content (AvgIpc) is 3.54. The highest BCUT2D eigenvalue weighted by atomic mass is 16.6. The van der Waals surface area contributed by atoms with Crippen LogP contribution in [0.3, 0.4) is 0 Å². The first-order valence-corrected chi connectivity index (χ1v) is 11.7. The molecule has 0 aromatic heterocycles. The molecular weight excluding hydrogens is 412 g/mol. The number of nitrogens with one attached hydrogen (secondary N) is 1. The Bertz CT molecular complexity index is 1120. The van der Waals surface area contributed by atoms with E-state index in [2.05, 4.69) is 29.6 Å². The van der Waals surface area contributed by atoms with Crippen molar-refractivity contribution in [2.75, 3.05) is 6.54 Å². The second-order valence-corrected chi connectivity index (χ2v) is 8.84. The molecule has 2 amide bonds. The van der Waals surface area contributed by atoms with Crippen LogP contribution < -0.4 is 5.32 Å². The lowest BCUT2D eigenvalue weighted by atomic mass is 9.98. The van der Waals surface area contributed by atoms with E-state index in [0.29, 0.717) is 18.2 Å². The zero-order chi connectivity index (χ0) is 22.6. The van der Waals surface area contributed by atoms with E-state index in [1.165, 1.54) is 0 Å². The first-order valence-electron chi connectivity index (χ1n) is 11.7. The third-order valence-corrected chi connectivity index (χ3v) is 6.36. The van der Waals surface area contributed by atoms with Crippen molar-refractivity contribution in [3.05, 3.63) is 95.6 Å². The van der Waals surface area contributed by atoms with Crippen molar-refractivity contribution in [2.45, 2.75) is 44.4 Å². The molecule has 3 aromatic carbocycles. The molecule has 3 aromatic rings. The fourth-order valence-corrected chi connectivity index (χ4v) is 4.37. The van der Waals surface area contributed by atoms with E-state index in [1.54, 1.807) is 0 Å². The van der Waals surface area contributed by atoms with Gasteiger partial charge in [0.1, 0.15) is 6.61 Å². The number of amides is 2. The van der Waals surface area contributed by atoms with Gasteiger partial charge in [-0.1, -0.05) is 66.7 Å². The van der Waals surface area contributed by atoms with Gasteiger partial charge in [-0.3, -0.25) is 4.79 Å². The molecule has 0 spiro atoms. The summed E-state index contributed by atoms with van der Waals surface area (Å²) in [7, 11) is 0. The van der Waals surface area contributed by atoms with Gasteiger partial charge in [0.25, 0.3) is 5.91 Å². The Balaban J connectivity index is 1.25. The topological polar surface area (TPSA) is 58.6 Å². The van der Waals surface area contributed by atoms with Crippen LogP contribution in [0.5, 0.6) is 0 Å². The Kier molecular flexibility index (Phi) is 6.11. The molecule has 1 aliphatic carbocycles. The highest BCUT2D eigenvalue weighted by Crippen LogP contribution is 2.34. The molecule has 1 unspecified atom stereocenters. The SMILES string of the molecule is O=C(NC1CC1)c1cccc(-c2ccc(C3CCCN3C(=O)OCc3ccccc3)cc2)c1. The number of benzene rings is 3. The van der Waals surface area contributed by atoms with E-state index in [1.807, 2.05) is 59.5 Å². The van der Waals surface area contributed by atoms with Gasteiger partial charge in [-0.15, -0.1) is 0 Å². The minimum Gasteiger partial charge on any atom is -0.445 e. The van der Waals surface area contributed by atoms with Crippen LogP contribution in [-0.2, 0) is 11.3 Å². The summed E-state index contributed by atoms with van der Waals surface area (Å²) in [6.45, 7) is 0.991. The molecule has 1 heterocycles. The van der Waals surface area contributed by atoms with Crippen LogP contribution in [0.15, 0.2) is 78.9 Å². The fraction of sp³-hybridized carbons (Fsp3) is 0.286. The first kappa shape index (κ1) is 21.3. The van der Waals surface area contributed by atoms with Crippen molar-refractivity contribution >= 4 is 12.0 Å². The van der Waals surface area contributed by atoms with Crippen LogP contribution >= 0.6 is 0 Å². The van der Waals surface area contributed by atoms with Gasteiger partial charge in [0.15, 0.2) is 0 Å². The van der Waals surface area contributed by atoms with Gasteiger partial charge < -0.3 is 15.0 Å². The monoisotopic (exact) mass is 440 g/mol. The molecule has 5 rings (SSSR count). The zero-order valence-electron chi connectivity index (χ0n) is 18.6. The van der Waals surface area contributed by atoms with Gasteiger partial charge in [0.2, 0.25) is 0 Å². The second-order valence-electron chi connectivity index (χ2n) is 8.84. The lowest BCUT2D eigenvalue weighted by molar-refractivity contribution is 0.0919. The van der Waals surface area contributed by atoms with Crippen LogP contribution in [0.25, 0.3) is 11.1 Å². The third-order valence-electron chi connectivity index (χ3n) is 6.36. The number of hydrogen-bond acceptors (Lipinski definition) is 3. The predicted molar refractivity (Wildman–Crippen MR) is 128 cm³/mol. The fourth-order valence-electron chi connectivity index (χ4n) is 4.37. The Morgan fingerprint density at radius 3 is 2.42 bits per heavy atom. The highest BCUT2D eigenvalue weighted by Gasteiger charge is 2.31. The van der Waals surface area contributed by atoms with Crippen LogP contribution in [0.1, 0.15) is 53.2 Å². The summed E-state index contributed by atoms with van der Waals surface area (Å²) < 4.78 is 5.57. The van der Waals surface area contributed by atoms with E-state index in [9.17, 15) is 9.59 Å². The molecule has 1 saturated carbocycles. The summed E-state index contributed by atoms with van der Waals surface area (Å²) in [6, 6.07) is 26.2. The maximum atomic E-state index is 12.7. The lowest BCUT2D eigenvalue weighted by Gasteiger charge is -2.24. The Hall–Kier alpha value is -3.60. The van der Waals surface area contributed by atoms with Gasteiger partial charge in [-0.2, -0.15) is 0 Å². The largest absolute Gasteiger partial charge is 0.445 e. The minimum absolute atomic E-state index is 0.00779. The number of likely N-dealkylation sites (tertiary alicyclic amines) is 1. The van der Waals surface area contributed by atoms with Crippen LogP contribution in [-0.4, -0.2) is 29.5 Å². The number of ether oxygens (including phenoxy) is 1. The smallest absolute Gasteiger partial charge is 0.410 e. The first-order chi connectivity index (χ1) is 16.2. The van der Waals surface area contributed by atoms with Gasteiger partial charge in [0, 0.05) is 18.2 Å². The molecule has 1 saturated heterocycles. The number of hydrogen-bond donors (Lipinski definition) is 1. The maximum absolute atomic E-state index is 12.7. The third kappa shape index (κ3) is 5.08. The quantitative estimate of drug-likeness (QED) is 0.533. The average molecular weight is 441 g/mol. The summed E-state index contributed by atoms with van der Waals surface area (Å²) >= 11 is 0. The molecule has 2 aliphatic rings. The van der Waals surface area contributed by atoms with Crippen molar-refractivity contribution in [3.63, 3.8) is 0 Å². The van der Waals surface area contributed by atoms with E-state index in [0.717, 1.165) is 47.9 Å². The van der Waals surface area contributed by atoms with Crippen LogP contribution in [0, 0.1) is 0 Å². The molecule has 1 atom stereocenters. The molecule has 2 fully saturated rings. The zero-order valence-corrected chi connectivity index (χ0v) is 18.6. The van der Waals surface area contributed by atoms with Crippen LogP contribution in [0.2, 0.25) is 0 Å². The summed E-state index contributed by atoms with van der Waals surface area (Å²) in [5.74, 6) is -0.00779. The van der Waals surface area contributed by atoms with E-state index < -0.39 is 0 Å². The van der Waals surface area contributed by atoms with Crippen molar-refractivity contribution in [1.82, 2.24) is 10.2 Å². The van der Waals surface area contributed by atoms with E-state index in [4.69, 9.17) is 4.74 Å². The molecule has 5 nitrogen and oxygen atoms in total. The van der Waals surface area contributed by atoms with Gasteiger partial charge >= 0.3 is 6.09 Å². The van der Waals surface area contributed by atoms with Gasteiger partial charge in [-0.25, -0.2) is 4.79 Å². The van der Waals surface area contributed by atoms with Gasteiger partial charge in [-0.05, 0) is 60.1 Å². The molecule has 33 heavy (non-hydrogen) atoms. The van der Waals surface area contributed by atoms with Gasteiger partial charge in [0.05, 0.1) is 6.04 Å². The van der Waals surface area contributed by atoms with Crippen molar-refractivity contribution in [1.29, 1.82) is 0 Å². The van der Waals surface area contributed by atoms with E-state index in [-0.39, 0.29) is 24.6 Å². The van der Waals surface area contributed by atoms with Crippen molar-refractivity contribution in [2.24, 2.45) is 0 Å². The standard InChI is InChI=1S/C28H28N2O3/c31-27(29-25-15-16-25)24-9-4-8-23(18-24)21-11-13-22(14-12-21)26-10-5-17-30(26)28(32)33-19-20-6-2-1-3-7-20/h1-4,6-9,11-14,18,25-26H,5,10,15-17,19H2,(H,29,31). The summed E-state index contributed by atoms with van der Waals surface area (Å²) in [4.78, 5) is 27.0. The van der Waals surface area contributed by atoms with E-state index >= 15 is 0 Å². The number of rotatable bonds is 6. The molecule has 1 aliphatic heterocycles. The van der Waals surface area contributed by atoms with Crippen LogP contribution in [0.4, 0.5) is 4.79 Å². The summed E-state index contributed by atoms with van der Waals surface area (Å²) in [5.41, 5.74) is 4.84. The lowest BCUT2D eigenvalue weighted by Crippen LogP contribution is -2.31. The van der Waals surface area contributed by atoms with Crippen molar-refractivity contribution < 1.29 is 14.3 Å². The second kappa shape index (κ2) is 9.49. The predicted octanol–water partition coefficient (Wildman–Crippen LogP) is 5.72. The normalized spacial score (nSPS) is 17.6. The summed E-state index contributed by atoms with van der Waals surface area (Å²) in [6.07, 6.45) is 3.77. The highest BCUT2D eigenvalue weighted by molar-refractivity contribution is 5.95. The Morgan fingerprint density at radius 2 is 1.67 bits per heavy atom. The summed E-state index contributed by atoms with van der Waals surface area (Å²) in [5, 5.41) is 3.04. The number of carbonyl (C=O) groups is 2. The molecule has 0 bridgehead atoms.